The number of carbonyl (C=O) groups excluding carboxylic acids is 1. The number of nitrogens with two attached hydrogens (primary N) is 1. The standard InChI is InChI=1S/C16H12N4O3S/c17-15-14(16-18-10-3-1-2-4-13(10)24-16)19(22)12-7-9(8-21)5-6-11(12)20(15)23/h1-8,10,13H,17H2. The average molecular weight is 340 g/mol. The number of rotatable bonds is 2. The zero-order valence-electron chi connectivity index (χ0n) is 12.3. The van der Waals surface area contributed by atoms with Gasteiger partial charge < -0.3 is 10.4 Å². The maximum absolute atomic E-state index is 12.8. The summed E-state index contributed by atoms with van der Waals surface area (Å²) in [5.74, 6) is -0.200. The zero-order valence-corrected chi connectivity index (χ0v) is 13.1. The largest absolute Gasteiger partial charge is 0.710 e. The molecular formula is C16H12N4O3S. The molecule has 0 fully saturated rings. The summed E-state index contributed by atoms with van der Waals surface area (Å²) < 4.78 is 1.09. The van der Waals surface area contributed by atoms with Crippen molar-refractivity contribution in [3.8, 4) is 0 Å². The van der Waals surface area contributed by atoms with E-state index in [-0.39, 0.29) is 33.8 Å². The molecule has 1 aliphatic heterocycles. The van der Waals surface area contributed by atoms with E-state index < -0.39 is 0 Å². The second-order valence-electron chi connectivity index (χ2n) is 5.47. The minimum absolute atomic E-state index is 0.0294. The van der Waals surface area contributed by atoms with Crippen LogP contribution in [0, 0.1) is 10.4 Å². The molecule has 0 bridgehead atoms. The van der Waals surface area contributed by atoms with Gasteiger partial charge in [-0.3, -0.25) is 15.5 Å². The molecule has 0 radical (unpaired) electrons. The summed E-state index contributed by atoms with van der Waals surface area (Å²) in [5, 5.41) is 25.7. The molecule has 2 atom stereocenters. The predicted molar refractivity (Wildman–Crippen MR) is 91.7 cm³/mol. The number of anilines is 1. The number of nitrogens with zero attached hydrogens (tertiary/aromatic N) is 3. The van der Waals surface area contributed by atoms with Crippen molar-refractivity contribution in [3.63, 3.8) is 0 Å². The lowest BCUT2D eigenvalue weighted by atomic mass is 10.1. The number of hydrogen-bond acceptors (Lipinski definition) is 6. The van der Waals surface area contributed by atoms with E-state index in [9.17, 15) is 15.2 Å². The van der Waals surface area contributed by atoms with Crippen LogP contribution in [0.15, 0.2) is 47.5 Å². The number of benzene rings is 1. The smallest absolute Gasteiger partial charge is 0.353 e. The van der Waals surface area contributed by atoms with Gasteiger partial charge in [-0.25, -0.2) is 4.73 Å². The van der Waals surface area contributed by atoms with Gasteiger partial charge in [-0.05, 0) is 12.1 Å². The molecule has 2 heterocycles. The highest BCUT2D eigenvalue weighted by molar-refractivity contribution is 8.15. The SMILES string of the molecule is Nc1c(C2=NC3C=CC=CC3S2)[n+]([O-])c2cc(C=O)ccc2[n+]1[O-]. The Hall–Kier alpha value is -2.87. The fourth-order valence-corrected chi connectivity index (χ4v) is 4.01. The Bertz CT molecular complexity index is 968. The predicted octanol–water partition coefficient (Wildman–Crippen LogP) is 0.858. The number of hydrogen-bond donors (Lipinski definition) is 1. The molecule has 24 heavy (non-hydrogen) atoms. The number of nitrogen functional groups attached to an aromatic ring is 1. The first-order valence-electron chi connectivity index (χ1n) is 7.23. The Balaban J connectivity index is 1.94. The van der Waals surface area contributed by atoms with Gasteiger partial charge in [0.1, 0.15) is 6.29 Å². The molecule has 0 saturated heterocycles. The van der Waals surface area contributed by atoms with E-state index in [0.29, 0.717) is 26.4 Å². The van der Waals surface area contributed by atoms with Crippen LogP contribution in [0.25, 0.3) is 11.0 Å². The lowest BCUT2D eigenvalue weighted by molar-refractivity contribution is -0.619. The summed E-state index contributed by atoms with van der Waals surface area (Å²) in [7, 11) is 0. The summed E-state index contributed by atoms with van der Waals surface area (Å²) in [6.45, 7) is 0. The molecule has 0 spiro atoms. The zero-order chi connectivity index (χ0) is 16.8. The van der Waals surface area contributed by atoms with Crippen molar-refractivity contribution >= 4 is 39.9 Å². The Kier molecular flexibility index (Phi) is 3.27. The number of aldehydes is 1. The summed E-state index contributed by atoms with van der Waals surface area (Å²) in [4.78, 5) is 15.5. The van der Waals surface area contributed by atoms with Gasteiger partial charge in [-0.15, -0.1) is 0 Å². The molecule has 8 heteroatoms. The molecule has 0 saturated carbocycles. The van der Waals surface area contributed by atoms with Crippen LogP contribution in [-0.4, -0.2) is 22.6 Å². The maximum atomic E-state index is 12.8. The highest BCUT2D eigenvalue weighted by Gasteiger charge is 2.37. The molecule has 2 aromatic rings. The molecule has 7 nitrogen and oxygen atoms in total. The third-order valence-electron chi connectivity index (χ3n) is 4.01. The normalized spacial score (nSPS) is 21.8. The summed E-state index contributed by atoms with van der Waals surface area (Å²) in [6, 6.07) is 4.18. The minimum atomic E-state index is -0.200. The van der Waals surface area contributed by atoms with Crippen molar-refractivity contribution in [2.24, 2.45) is 4.99 Å². The molecule has 1 aromatic carbocycles. The lowest BCUT2D eigenvalue weighted by Gasteiger charge is -2.13. The molecule has 2 N–H and O–H groups in total. The highest BCUT2D eigenvalue weighted by Crippen LogP contribution is 2.34. The maximum Gasteiger partial charge on any atom is 0.353 e. The van der Waals surface area contributed by atoms with E-state index in [1.54, 1.807) is 0 Å². The van der Waals surface area contributed by atoms with Gasteiger partial charge >= 0.3 is 11.5 Å². The summed E-state index contributed by atoms with van der Waals surface area (Å²) >= 11 is 1.39. The molecule has 120 valence electrons. The second-order valence-corrected chi connectivity index (χ2v) is 6.63. The number of thioether (sulfide) groups is 1. The monoisotopic (exact) mass is 340 g/mol. The van der Waals surface area contributed by atoms with E-state index in [2.05, 4.69) is 4.99 Å². The van der Waals surface area contributed by atoms with Gasteiger partial charge in [-0.1, -0.05) is 36.1 Å². The van der Waals surface area contributed by atoms with Crippen LogP contribution in [0.5, 0.6) is 0 Å². The first-order chi connectivity index (χ1) is 11.6. The van der Waals surface area contributed by atoms with E-state index in [4.69, 9.17) is 5.73 Å². The Morgan fingerprint density at radius 2 is 1.96 bits per heavy atom. The van der Waals surface area contributed by atoms with Crippen LogP contribution in [-0.2, 0) is 0 Å². The van der Waals surface area contributed by atoms with Crippen LogP contribution >= 0.6 is 11.8 Å². The van der Waals surface area contributed by atoms with Crippen molar-refractivity contribution in [1.29, 1.82) is 0 Å². The molecule has 4 rings (SSSR count). The van der Waals surface area contributed by atoms with E-state index >= 15 is 0 Å². The molecule has 2 aliphatic rings. The topological polar surface area (TPSA) is 109 Å². The minimum Gasteiger partial charge on any atom is -0.710 e. The molecular weight excluding hydrogens is 328 g/mol. The number of aromatic nitrogens is 2. The van der Waals surface area contributed by atoms with Crippen molar-refractivity contribution in [3.05, 3.63) is 64.2 Å². The fourth-order valence-electron chi connectivity index (χ4n) is 2.81. The van der Waals surface area contributed by atoms with Crippen LogP contribution in [0.3, 0.4) is 0 Å². The van der Waals surface area contributed by atoms with Gasteiger partial charge in [0.05, 0.1) is 11.3 Å². The quantitative estimate of drug-likeness (QED) is 0.495. The number of carbonyl (C=O) groups is 1. The molecule has 1 aromatic heterocycles. The fraction of sp³-hybridized carbons (Fsp3) is 0.125. The van der Waals surface area contributed by atoms with Crippen LogP contribution in [0.1, 0.15) is 16.1 Å². The van der Waals surface area contributed by atoms with Crippen LogP contribution in [0.4, 0.5) is 5.82 Å². The Morgan fingerprint density at radius 1 is 1.17 bits per heavy atom. The van der Waals surface area contributed by atoms with Crippen molar-refractivity contribution in [2.75, 3.05) is 5.73 Å². The average Bonchev–Trinajstić information content (AvgIpc) is 3.03. The van der Waals surface area contributed by atoms with Gasteiger partial charge in [-0.2, -0.15) is 4.73 Å². The van der Waals surface area contributed by atoms with E-state index in [1.165, 1.54) is 30.0 Å². The summed E-state index contributed by atoms with van der Waals surface area (Å²) in [6.07, 6.45) is 8.37. The summed E-state index contributed by atoms with van der Waals surface area (Å²) in [5.41, 5.74) is 6.45. The molecule has 2 unspecified atom stereocenters. The lowest BCUT2D eigenvalue weighted by Crippen LogP contribution is -2.45. The number of fused-ring (bicyclic) bond motifs is 2. The molecule has 0 amide bonds. The second kappa shape index (κ2) is 5.34. The Labute approximate surface area is 141 Å². The Morgan fingerprint density at radius 3 is 2.71 bits per heavy atom. The third-order valence-corrected chi connectivity index (χ3v) is 5.24. The van der Waals surface area contributed by atoms with E-state index in [1.807, 2.05) is 24.3 Å². The number of aliphatic imine (C=N–C) groups is 1. The van der Waals surface area contributed by atoms with Crippen LogP contribution < -0.4 is 15.2 Å². The highest BCUT2D eigenvalue weighted by atomic mass is 32.2. The van der Waals surface area contributed by atoms with Crippen molar-refractivity contribution < 1.29 is 14.3 Å². The molecule has 1 aliphatic carbocycles. The van der Waals surface area contributed by atoms with Gasteiger partial charge in [0, 0.05) is 11.6 Å². The van der Waals surface area contributed by atoms with Crippen molar-refractivity contribution in [1.82, 2.24) is 0 Å². The first-order valence-corrected chi connectivity index (χ1v) is 8.11. The van der Waals surface area contributed by atoms with Crippen LogP contribution in [0.2, 0.25) is 0 Å². The van der Waals surface area contributed by atoms with Gasteiger partial charge in [0.15, 0.2) is 5.04 Å². The van der Waals surface area contributed by atoms with Gasteiger partial charge in [0.25, 0.3) is 5.52 Å². The van der Waals surface area contributed by atoms with Crippen molar-refractivity contribution in [2.45, 2.75) is 11.3 Å². The van der Waals surface area contributed by atoms with Gasteiger partial charge in [0.2, 0.25) is 5.52 Å². The van der Waals surface area contributed by atoms with E-state index in [0.717, 1.165) is 0 Å². The first kappa shape index (κ1) is 14.7. The third kappa shape index (κ3) is 2.07. The number of allylic oxidation sites excluding steroid dienone is 2.